The summed E-state index contributed by atoms with van der Waals surface area (Å²) in [4.78, 5) is 0. The molecule has 0 spiro atoms. The second-order valence-corrected chi connectivity index (χ2v) is 3.54. The van der Waals surface area contributed by atoms with Crippen LogP contribution in [-0.2, 0) is 0 Å². The lowest BCUT2D eigenvalue weighted by Gasteiger charge is -2.08. The summed E-state index contributed by atoms with van der Waals surface area (Å²) < 4.78 is 17.9. The first kappa shape index (κ1) is 10.2. The van der Waals surface area contributed by atoms with Gasteiger partial charge in [-0.1, -0.05) is 17.7 Å². The van der Waals surface area contributed by atoms with Gasteiger partial charge in [0.2, 0.25) is 0 Å². The van der Waals surface area contributed by atoms with Crippen LogP contribution in [0.25, 0.3) is 0 Å². The fourth-order valence-corrected chi connectivity index (χ4v) is 1.42. The van der Waals surface area contributed by atoms with Crippen LogP contribution in [0.15, 0.2) is 41.2 Å². The van der Waals surface area contributed by atoms with Gasteiger partial charge in [0.15, 0.2) is 0 Å². The molecule has 0 aliphatic rings. The Morgan fingerprint density at radius 3 is 2.67 bits per heavy atom. The van der Waals surface area contributed by atoms with E-state index in [9.17, 15) is 9.50 Å². The van der Waals surface area contributed by atoms with Crippen LogP contribution in [-0.4, -0.2) is 5.11 Å². The van der Waals surface area contributed by atoms with Crippen molar-refractivity contribution < 1.29 is 13.9 Å². The van der Waals surface area contributed by atoms with Crippen molar-refractivity contribution in [2.24, 2.45) is 0 Å². The molecule has 1 heterocycles. The Balaban J connectivity index is 2.34. The molecule has 1 unspecified atom stereocenters. The molecular weight excluding hydrogens is 219 g/mol. The predicted octanol–water partition coefficient (Wildman–Crippen LogP) is 3.15. The van der Waals surface area contributed by atoms with Gasteiger partial charge in [0.25, 0.3) is 0 Å². The minimum Gasteiger partial charge on any atom is -0.472 e. The van der Waals surface area contributed by atoms with Crippen LogP contribution in [0.5, 0.6) is 0 Å². The van der Waals surface area contributed by atoms with Gasteiger partial charge < -0.3 is 9.52 Å². The van der Waals surface area contributed by atoms with Crippen LogP contribution in [0, 0.1) is 5.82 Å². The quantitative estimate of drug-likeness (QED) is 0.853. The monoisotopic (exact) mass is 226 g/mol. The normalized spacial score (nSPS) is 12.7. The standard InChI is InChI=1S/C11H8ClFO2/c12-9-2-1-7(5-10(9)13)11(14)8-3-4-15-6-8/h1-6,11,14H. The van der Waals surface area contributed by atoms with Gasteiger partial charge in [0.05, 0.1) is 17.5 Å². The number of hydrogen-bond donors (Lipinski definition) is 1. The van der Waals surface area contributed by atoms with Crippen LogP contribution in [0.4, 0.5) is 4.39 Å². The molecule has 2 aromatic rings. The number of hydrogen-bond acceptors (Lipinski definition) is 2. The Bertz CT molecular complexity index is 454. The Hall–Kier alpha value is -1.32. The molecule has 0 aliphatic heterocycles. The zero-order chi connectivity index (χ0) is 10.8. The summed E-state index contributed by atoms with van der Waals surface area (Å²) in [7, 11) is 0. The molecule has 78 valence electrons. The molecule has 1 atom stereocenters. The fraction of sp³-hybridized carbons (Fsp3) is 0.0909. The van der Waals surface area contributed by atoms with E-state index in [1.165, 1.54) is 24.7 Å². The van der Waals surface area contributed by atoms with Crippen LogP contribution < -0.4 is 0 Å². The van der Waals surface area contributed by atoms with Gasteiger partial charge in [-0.05, 0) is 23.8 Å². The molecular formula is C11H8ClFO2. The van der Waals surface area contributed by atoms with E-state index in [0.717, 1.165) is 0 Å². The third-order valence-corrected chi connectivity index (χ3v) is 2.42. The predicted molar refractivity (Wildman–Crippen MR) is 54.2 cm³/mol. The van der Waals surface area contributed by atoms with Gasteiger partial charge in [0.1, 0.15) is 11.9 Å². The second-order valence-electron chi connectivity index (χ2n) is 3.13. The maximum atomic E-state index is 13.1. The molecule has 1 aromatic carbocycles. The average molecular weight is 227 g/mol. The van der Waals surface area contributed by atoms with Crippen molar-refractivity contribution in [2.45, 2.75) is 6.10 Å². The number of aliphatic hydroxyl groups is 1. The smallest absolute Gasteiger partial charge is 0.142 e. The Labute approximate surface area is 90.9 Å². The summed E-state index contributed by atoms with van der Waals surface area (Å²) in [5, 5.41) is 9.87. The van der Waals surface area contributed by atoms with E-state index in [1.807, 2.05) is 0 Å². The van der Waals surface area contributed by atoms with Gasteiger partial charge in [-0.15, -0.1) is 0 Å². The first-order valence-corrected chi connectivity index (χ1v) is 4.71. The number of furan rings is 1. The zero-order valence-electron chi connectivity index (χ0n) is 7.65. The van der Waals surface area contributed by atoms with Crippen molar-refractivity contribution >= 4 is 11.6 Å². The Kier molecular flexibility index (Phi) is 2.75. The molecule has 2 nitrogen and oxygen atoms in total. The van der Waals surface area contributed by atoms with Gasteiger partial charge >= 0.3 is 0 Å². The number of halogens is 2. The summed E-state index contributed by atoms with van der Waals surface area (Å²) >= 11 is 5.54. The third kappa shape index (κ3) is 2.03. The highest BCUT2D eigenvalue weighted by molar-refractivity contribution is 6.30. The molecule has 2 rings (SSSR count). The van der Waals surface area contributed by atoms with Gasteiger partial charge in [-0.2, -0.15) is 0 Å². The van der Waals surface area contributed by atoms with E-state index in [0.29, 0.717) is 11.1 Å². The lowest BCUT2D eigenvalue weighted by Crippen LogP contribution is -1.98. The van der Waals surface area contributed by atoms with Crippen molar-refractivity contribution in [1.29, 1.82) is 0 Å². The number of benzene rings is 1. The summed E-state index contributed by atoms with van der Waals surface area (Å²) in [6, 6.07) is 5.82. The van der Waals surface area contributed by atoms with E-state index in [2.05, 4.69) is 0 Å². The van der Waals surface area contributed by atoms with E-state index in [4.69, 9.17) is 16.0 Å². The molecule has 1 N–H and O–H groups in total. The largest absolute Gasteiger partial charge is 0.472 e. The van der Waals surface area contributed by atoms with E-state index >= 15 is 0 Å². The van der Waals surface area contributed by atoms with E-state index in [-0.39, 0.29) is 5.02 Å². The molecule has 0 amide bonds. The Morgan fingerprint density at radius 1 is 1.27 bits per heavy atom. The molecule has 4 heteroatoms. The summed E-state index contributed by atoms with van der Waals surface area (Å²) in [5.41, 5.74) is 1.02. The van der Waals surface area contributed by atoms with Crippen molar-refractivity contribution in [3.63, 3.8) is 0 Å². The van der Waals surface area contributed by atoms with Gasteiger partial charge in [-0.25, -0.2) is 4.39 Å². The van der Waals surface area contributed by atoms with E-state index < -0.39 is 11.9 Å². The Morgan fingerprint density at radius 2 is 2.07 bits per heavy atom. The molecule has 0 fully saturated rings. The van der Waals surface area contributed by atoms with Crippen molar-refractivity contribution in [2.75, 3.05) is 0 Å². The molecule has 1 aromatic heterocycles. The topological polar surface area (TPSA) is 33.4 Å². The van der Waals surface area contributed by atoms with Gasteiger partial charge in [0, 0.05) is 5.56 Å². The molecule has 15 heavy (non-hydrogen) atoms. The molecule has 0 saturated heterocycles. The highest BCUT2D eigenvalue weighted by Gasteiger charge is 2.13. The van der Waals surface area contributed by atoms with Crippen molar-refractivity contribution in [1.82, 2.24) is 0 Å². The third-order valence-electron chi connectivity index (χ3n) is 2.12. The highest BCUT2D eigenvalue weighted by atomic mass is 35.5. The zero-order valence-corrected chi connectivity index (χ0v) is 8.41. The molecule has 0 bridgehead atoms. The van der Waals surface area contributed by atoms with Gasteiger partial charge in [-0.3, -0.25) is 0 Å². The summed E-state index contributed by atoms with van der Waals surface area (Å²) in [6.07, 6.45) is 1.97. The van der Waals surface area contributed by atoms with E-state index in [1.54, 1.807) is 12.1 Å². The lowest BCUT2D eigenvalue weighted by atomic mass is 10.0. The first-order chi connectivity index (χ1) is 7.18. The summed E-state index contributed by atoms with van der Waals surface area (Å²) in [5.74, 6) is -0.545. The van der Waals surface area contributed by atoms with Crippen molar-refractivity contribution in [3.8, 4) is 0 Å². The SMILES string of the molecule is OC(c1ccoc1)c1ccc(Cl)c(F)c1. The first-order valence-electron chi connectivity index (χ1n) is 4.33. The summed E-state index contributed by atoms with van der Waals surface area (Å²) in [6.45, 7) is 0. The number of rotatable bonds is 2. The molecule has 0 radical (unpaired) electrons. The minimum absolute atomic E-state index is 0.0399. The van der Waals surface area contributed by atoms with Crippen LogP contribution in [0.1, 0.15) is 17.2 Å². The van der Waals surface area contributed by atoms with Crippen molar-refractivity contribution in [3.05, 3.63) is 58.8 Å². The minimum atomic E-state index is -0.893. The van der Waals surface area contributed by atoms with Crippen LogP contribution in [0.3, 0.4) is 0 Å². The van der Waals surface area contributed by atoms with Crippen LogP contribution >= 0.6 is 11.6 Å². The maximum absolute atomic E-state index is 13.1. The number of aliphatic hydroxyl groups excluding tert-OH is 1. The van der Waals surface area contributed by atoms with Crippen LogP contribution in [0.2, 0.25) is 5.02 Å². The molecule has 0 aliphatic carbocycles. The molecule has 0 saturated carbocycles. The highest BCUT2D eigenvalue weighted by Crippen LogP contribution is 2.25. The average Bonchev–Trinajstić information content (AvgIpc) is 2.74. The maximum Gasteiger partial charge on any atom is 0.142 e. The lowest BCUT2D eigenvalue weighted by molar-refractivity contribution is 0.219. The fourth-order valence-electron chi connectivity index (χ4n) is 1.31. The second kappa shape index (κ2) is 4.04.